The Labute approximate surface area is 197 Å². The van der Waals surface area contributed by atoms with Crippen molar-refractivity contribution in [3.63, 3.8) is 0 Å². The van der Waals surface area contributed by atoms with Crippen molar-refractivity contribution in [3.05, 3.63) is 35.4 Å². The summed E-state index contributed by atoms with van der Waals surface area (Å²) in [4.78, 5) is 20.7. The van der Waals surface area contributed by atoms with Crippen LogP contribution in [0.2, 0.25) is 0 Å². The first-order chi connectivity index (χ1) is 14.2. The summed E-state index contributed by atoms with van der Waals surface area (Å²) >= 11 is 0. The number of carbonyl (C=O) groups is 1. The standard InChI is InChI=1S/C22H35N5O2.HI/c1-2-29-22(28)27-14-10-20(11-15-27)25-21(23)24-16-18-8-4-5-9-19(18)17-26-12-6-3-7-13-26;/h4-5,8-9,20H,2-3,6-7,10-17H2,1H3,(H3,23,24,25);1H. The molecule has 7 nitrogen and oxygen atoms in total. The van der Waals surface area contributed by atoms with E-state index in [1.54, 1.807) is 4.90 Å². The Morgan fingerprint density at radius 1 is 1.13 bits per heavy atom. The minimum absolute atomic E-state index is 0. The zero-order valence-corrected chi connectivity index (χ0v) is 20.3. The summed E-state index contributed by atoms with van der Waals surface area (Å²) in [5.74, 6) is 0.479. The molecule has 2 fully saturated rings. The van der Waals surface area contributed by atoms with E-state index in [4.69, 9.17) is 10.5 Å². The quantitative estimate of drug-likeness (QED) is 0.336. The van der Waals surface area contributed by atoms with Gasteiger partial charge in [0.1, 0.15) is 0 Å². The minimum Gasteiger partial charge on any atom is -0.450 e. The molecule has 0 radical (unpaired) electrons. The molecule has 1 amide bonds. The number of carbonyl (C=O) groups excluding carboxylic acids is 1. The second-order valence-electron chi connectivity index (χ2n) is 7.91. The van der Waals surface area contributed by atoms with Gasteiger partial charge in [0.05, 0.1) is 13.2 Å². The lowest BCUT2D eigenvalue weighted by atomic mass is 10.0. The number of nitrogens with two attached hydrogens (primary N) is 1. The number of aliphatic imine (C=N–C) groups is 1. The molecule has 1 aromatic carbocycles. The topological polar surface area (TPSA) is 83.2 Å². The summed E-state index contributed by atoms with van der Waals surface area (Å²) in [6.07, 6.45) is 5.42. The summed E-state index contributed by atoms with van der Waals surface area (Å²) in [7, 11) is 0. The van der Waals surface area contributed by atoms with Crippen LogP contribution in [0, 0.1) is 0 Å². The third kappa shape index (κ3) is 7.61. The number of rotatable bonds is 6. The monoisotopic (exact) mass is 529 g/mol. The predicted molar refractivity (Wildman–Crippen MR) is 131 cm³/mol. The van der Waals surface area contributed by atoms with Crippen LogP contribution in [0.5, 0.6) is 0 Å². The molecule has 0 saturated carbocycles. The summed E-state index contributed by atoms with van der Waals surface area (Å²) in [5, 5.41) is 3.32. The van der Waals surface area contributed by atoms with Crippen molar-refractivity contribution in [1.29, 1.82) is 0 Å². The highest BCUT2D eigenvalue weighted by Crippen LogP contribution is 2.17. The Bertz CT molecular complexity index is 686. The lowest BCUT2D eigenvalue weighted by molar-refractivity contribution is 0.0963. The third-order valence-corrected chi connectivity index (χ3v) is 5.75. The van der Waals surface area contributed by atoms with Crippen LogP contribution in [0.1, 0.15) is 50.2 Å². The Kier molecular flexibility index (Phi) is 10.7. The second kappa shape index (κ2) is 13.0. The second-order valence-corrected chi connectivity index (χ2v) is 7.91. The number of amides is 1. The molecule has 2 saturated heterocycles. The molecule has 8 heteroatoms. The summed E-state index contributed by atoms with van der Waals surface area (Å²) in [6, 6.07) is 8.76. The molecule has 2 heterocycles. The zero-order chi connectivity index (χ0) is 20.5. The number of benzene rings is 1. The van der Waals surface area contributed by atoms with Crippen molar-refractivity contribution in [2.75, 3.05) is 32.8 Å². The SMILES string of the molecule is CCOC(=O)N1CCC(NC(N)=NCc2ccccc2CN2CCCCC2)CC1.I. The van der Waals surface area contributed by atoms with Crippen molar-refractivity contribution in [2.45, 2.75) is 58.2 Å². The fourth-order valence-corrected chi connectivity index (χ4v) is 4.07. The maximum atomic E-state index is 11.8. The Morgan fingerprint density at radius 3 is 2.47 bits per heavy atom. The maximum Gasteiger partial charge on any atom is 0.409 e. The van der Waals surface area contributed by atoms with Crippen molar-refractivity contribution in [1.82, 2.24) is 15.1 Å². The van der Waals surface area contributed by atoms with E-state index in [2.05, 4.69) is 39.5 Å². The van der Waals surface area contributed by atoms with Crippen molar-refractivity contribution >= 4 is 36.0 Å². The number of piperidine rings is 2. The van der Waals surface area contributed by atoms with E-state index in [-0.39, 0.29) is 36.1 Å². The molecule has 0 unspecified atom stereocenters. The first-order valence-electron chi connectivity index (χ1n) is 10.9. The van der Waals surface area contributed by atoms with Crippen LogP contribution in [0.4, 0.5) is 4.79 Å². The van der Waals surface area contributed by atoms with Gasteiger partial charge in [-0.3, -0.25) is 4.90 Å². The first-order valence-corrected chi connectivity index (χ1v) is 10.9. The lowest BCUT2D eigenvalue weighted by Gasteiger charge is -2.31. The highest BCUT2D eigenvalue weighted by molar-refractivity contribution is 14.0. The van der Waals surface area contributed by atoms with Gasteiger partial charge in [0.15, 0.2) is 5.96 Å². The van der Waals surface area contributed by atoms with Gasteiger partial charge in [0.2, 0.25) is 0 Å². The van der Waals surface area contributed by atoms with Crippen LogP contribution in [0.15, 0.2) is 29.3 Å². The van der Waals surface area contributed by atoms with E-state index in [1.165, 1.54) is 43.5 Å². The summed E-state index contributed by atoms with van der Waals surface area (Å²) in [6.45, 7) is 7.56. The number of ether oxygens (including phenoxy) is 1. The highest BCUT2D eigenvalue weighted by Gasteiger charge is 2.23. The fourth-order valence-electron chi connectivity index (χ4n) is 4.07. The Hall–Kier alpha value is -1.55. The molecule has 2 aliphatic rings. The van der Waals surface area contributed by atoms with E-state index < -0.39 is 0 Å². The molecule has 30 heavy (non-hydrogen) atoms. The smallest absolute Gasteiger partial charge is 0.409 e. The minimum atomic E-state index is -0.224. The van der Waals surface area contributed by atoms with Crippen LogP contribution >= 0.6 is 24.0 Å². The van der Waals surface area contributed by atoms with E-state index in [0.717, 1.165) is 19.4 Å². The fraction of sp³-hybridized carbons (Fsp3) is 0.636. The number of halogens is 1. The van der Waals surface area contributed by atoms with Gasteiger partial charge in [-0.15, -0.1) is 24.0 Å². The van der Waals surface area contributed by atoms with Crippen LogP contribution in [0.25, 0.3) is 0 Å². The average molecular weight is 529 g/mol. The molecule has 3 N–H and O–H groups in total. The van der Waals surface area contributed by atoms with Crippen molar-refractivity contribution in [2.24, 2.45) is 10.7 Å². The van der Waals surface area contributed by atoms with E-state index >= 15 is 0 Å². The molecule has 0 bridgehead atoms. The maximum absolute atomic E-state index is 11.8. The summed E-state index contributed by atoms with van der Waals surface area (Å²) in [5.41, 5.74) is 8.73. The molecule has 168 valence electrons. The number of guanidine groups is 1. The molecule has 1 aromatic rings. The van der Waals surface area contributed by atoms with Gasteiger partial charge in [0, 0.05) is 25.7 Å². The van der Waals surface area contributed by atoms with E-state index in [0.29, 0.717) is 32.2 Å². The summed E-state index contributed by atoms with van der Waals surface area (Å²) < 4.78 is 5.07. The highest BCUT2D eigenvalue weighted by atomic mass is 127. The molecule has 2 aliphatic heterocycles. The van der Waals surface area contributed by atoms with Gasteiger partial charge < -0.3 is 20.7 Å². The number of nitrogens with one attached hydrogen (secondary N) is 1. The number of hydrogen-bond donors (Lipinski definition) is 2. The van der Waals surface area contributed by atoms with Crippen molar-refractivity contribution in [3.8, 4) is 0 Å². The largest absolute Gasteiger partial charge is 0.450 e. The molecule has 0 aromatic heterocycles. The molecule has 0 atom stereocenters. The van der Waals surface area contributed by atoms with E-state index in [1.807, 2.05) is 6.92 Å². The molecule has 3 rings (SSSR count). The van der Waals surface area contributed by atoms with Crippen molar-refractivity contribution < 1.29 is 9.53 Å². The molecule has 0 spiro atoms. The van der Waals surface area contributed by atoms with Gasteiger partial charge in [-0.1, -0.05) is 30.7 Å². The predicted octanol–water partition coefficient (Wildman–Crippen LogP) is 3.32. The number of likely N-dealkylation sites (tertiary alicyclic amines) is 2. The lowest BCUT2D eigenvalue weighted by Crippen LogP contribution is -2.48. The Morgan fingerprint density at radius 2 is 1.80 bits per heavy atom. The van der Waals surface area contributed by atoms with E-state index in [9.17, 15) is 4.79 Å². The van der Waals surface area contributed by atoms with Gasteiger partial charge in [-0.2, -0.15) is 0 Å². The van der Waals surface area contributed by atoms with Gasteiger partial charge >= 0.3 is 6.09 Å². The van der Waals surface area contributed by atoms with Crippen LogP contribution in [0.3, 0.4) is 0 Å². The molecular formula is C22H36IN5O2. The molecular weight excluding hydrogens is 493 g/mol. The number of hydrogen-bond acceptors (Lipinski definition) is 4. The first kappa shape index (κ1) is 24.7. The normalized spacial score (nSPS) is 18.6. The van der Waals surface area contributed by atoms with Gasteiger partial charge in [-0.25, -0.2) is 9.79 Å². The molecule has 0 aliphatic carbocycles. The average Bonchev–Trinajstić information content (AvgIpc) is 2.74. The van der Waals surface area contributed by atoms with Gasteiger partial charge in [-0.05, 0) is 56.8 Å². The van der Waals surface area contributed by atoms with Gasteiger partial charge in [0.25, 0.3) is 0 Å². The zero-order valence-electron chi connectivity index (χ0n) is 18.0. The van der Waals surface area contributed by atoms with Crippen LogP contribution in [-0.4, -0.2) is 60.7 Å². The Balaban J connectivity index is 0.00000320. The van der Waals surface area contributed by atoms with Crippen LogP contribution < -0.4 is 11.1 Å². The number of nitrogens with zero attached hydrogens (tertiary/aromatic N) is 3. The third-order valence-electron chi connectivity index (χ3n) is 5.75. The van der Waals surface area contributed by atoms with Crippen LogP contribution in [-0.2, 0) is 17.8 Å².